The lowest BCUT2D eigenvalue weighted by Crippen LogP contribution is -2.37. The second-order valence-corrected chi connectivity index (χ2v) is 8.78. The number of ether oxygens (including phenoxy) is 3. The van der Waals surface area contributed by atoms with Gasteiger partial charge in [0.05, 0.1) is 37.1 Å². The Kier molecular flexibility index (Phi) is 6.46. The van der Waals surface area contributed by atoms with E-state index in [1.165, 1.54) is 11.3 Å². The van der Waals surface area contributed by atoms with Crippen molar-refractivity contribution in [1.29, 1.82) is 0 Å². The third-order valence-electron chi connectivity index (χ3n) is 5.11. The van der Waals surface area contributed by atoms with Crippen molar-refractivity contribution in [3.05, 3.63) is 42.0 Å². The molecule has 0 spiro atoms. The van der Waals surface area contributed by atoms with E-state index < -0.39 is 0 Å². The van der Waals surface area contributed by atoms with E-state index in [4.69, 9.17) is 19.2 Å². The minimum Gasteiger partial charge on any atom is -0.493 e. The van der Waals surface area contributed by atoms with Crippen LogP contribution in [0.2, 0.25) is 0 Å². The third-order valence-corrected chi connectivity index (χ3v) is 6.92. The number of anilines is 1. The molecule has 2 aromatic carbocycles. The van der Waals surface area contributed by atoms with Gasteiger partial charge in [0.15, 0.2) is 16.6 Å². The molecule has 0 bridgehead atoms. The second kappa shape index (κ2) is 9.24. The second-order valence-electron chi connectivity index (χ2n) is 6.92. The highest BCUT2D eigenvalue weighted by Crippen LogP contribution is 2.36. The predicted octanol–water partition coefficient (Wildman–Crippen LogP) is 4.86. The average molecular weight is 445 g/mol. The molecule has 1 aliphatic rings. The van der Waals surface area contributed by atoms with E-state index in [1.54, 1.807) is 49.1 Å². The quantitative estimate of drug-likeness (QED) is 0.485. The van der Waals surface area contributed by atoms with Gasteiger partial charge in [-0.25, -0.2) is 4.98 Å². The van der Waals surface area contributed by atoms with Gasteiger partial charge in [0.1, 0.15) is 0 Å². The predicted molar refractivity (Wildman–Crippen MR) is 122 cm³/mol. The van der Waals surface area contributed by atoms with Gasteiger partial charge in [-0.15, -0.1) is 11.8 Å². The number of aromatic nitrogens is 1. The first-order valence-corrected chi connectivity index (χ1v) is 11.8. The van der Waals surface area contributed by atoms with Crippen molar-refractivity contribution in [2.75, 3.05) is 38.5 Å². The zero-order valence-corrected chi connectivity index (χ0v) is 18.8. The Morgan fingerprint density at radius 2 is 2.10 bits per heavy atom. The number of hydrogen-bond donors (Lipinski definition) is 0. The molecule has 30 heavy (non-hydrogen) atoms. The number of fused-ring (bicyclic) bond motifs is 1. The number of methoxy groups -OCH3 is 2. The highest BCUT2D eigenvalue weighted by atomic mass is 32.2. The van der Waals surface area contributed by atoms with Gasteiger partial charge < -0.3 is 14.2 Å². The molecule has 0 radical (unpaired) electrons. The van der Waals surface area contributed by atoms with Crippen LogP contribution in [0.3, 0.4) is 0 Å². The van der Waals surface area contributed by atoms with E-state index in [2.05, 4.69) is 6.07 Å². The number of para-hydroxylation sites is 1. The Bertz CT molecular complexity index is 1050. The van der Waals surface area contributed by atoms with Crippen LogP contribution in [0.25, 0.3) is 10.2 Å². The van der Waals surface area contributed by atoms with E-state index in [0.717, 1.165) is 34.6 Å². The number of nitrogens with zero attached hydrogens (tertiary/aromatic N) is 2. The Morgan fingerprint density at radius 3 is 2.80 bits per heavy atom. The Labute approximate surface area is 184 Å². The molecular weight excluding hydrogens is 420 g/mol. The van der Waals surface area contributed by atoms with E-state index in [-0.39, 0.29) is 12.0 Å². The summed E-state index contributed by atoms with van der Waals surface area (Å²) in [6.45, 7) is 1.21. The van der Waals surface area contributed by atoms with E-state index >= 15 is 0 Å². The first-order chi connectivity index (χ1) is 14.6. The maximum absolute atomic E-state index is 13.6. The van der Waals surface area contributed by atoms with Crippen molar-refractivity contribution in [1.82, 2.24) is 4.98 Å². The molecular formula is C22H24N2O4S2. The topological polar surface area (TPSA) is 60.9 Å². The Hall–Kier alpha value is -2.29. The third kappa shape index (κ3) is 4.12. The smallest absolute Gasteiger partial charge is 0.260 e. The number of carbonyl (C=O) groups excluding carboxylic acids is 1. The molecule has 1 amide bonds. The standard InChI is InChI=1S/C22H24N2O4S2/c1-26-16-10-9-14(12-17(16)27-2)21(25)24(13-15-6-5-11-28-15)22-23-20-18(29-3)7-4-8-19(20)30-22/h4,7-10,12,15H,5-6,11,13H2,1-3H3. The monoisotopic (exact) mass is 444 g/mol. The van der Waals surface area contributed by atoms with Crippen LogP contribution < -0.4 is 14.4 Å². The van der Waals surface area contributed by atoms with E-state index in [9.17, 15) is 4.79 Å². The van der Waals surface area contributed by atoms with Crippen LogP contribution in [-0.4, -0.2) is 50.6 Å². The van der Waals surface area contributed by atoms with Crippen LogP contribution in [0, 0.1) is 0 Å². The summed E-state index contributed by atoms with van der Waals surface area (Å²) in [4.78, 5) is 21.3. The molecule has 158 valence electrons. The lowest BCUT2D eigenvalue weighted by Gasteiger charge is -2.23. The summed E-state index contributed by atoms with van der Waals surface area (Å²) < 4.78 is 17.6. The molecule has 1 aliphatic heterocycles. The van der Waals surface area contributed by atoms with Gasteiger partial charge in [0.2, 0.25) is 0 Å². The lowest BCUT2D eigenvalue weighted by molar-refractivity contribution is 0.0917. The van der Waals surface area contributed by atoms with Gasteiger partial charge in [0.25, 0.3) is 5.91 Å². The van der Waals surface area contributed by atoms with Crippen molar-refractivity contribution in [2.24, 2.45) is 0 Å². The molecule has 3 aromatic rings. The minimum atomic E-state index is -0.129. The highest BCUT2D eigenvalue weighted by molar-refractivity contribution is 7.98. The molecule has 0 aliphatic carbocycles. The molecule has 4 rings (SSSR count). The van der Waals surface area contributed by atoms with Crippen molar-refractivity contribution in [3.63, 3.8) is 0 Å². The first kappa shape index (κ1) is 21.0. The molecule has 0 N–H and O–H groups in total. The SMILES string of the molecule is COc1ccc(C(=O)N(CC2CCCO2)c2nc3c(SC)cccc3s2)cc1OC. The summed E-state index contributed by atoms with van der Waals surface area (Å²) in [6.07, 6.45) is 4.00. The normalized spacial score (nSPS) is 16.0. The molecule has 1 fully saturated rings. The maximum Gasteiger partial charge on any atom is 0.260 e. The van der Waals surface area contributed by atoms with Crippen LogP contribution in [0.15, 0.2) is 41.3 Å². The van der Waals surface area contributed by atoms with Crippen LogP contribution in [-0.2, 0) is 4.74 Å². The largest absolute Gasteiger partial charge is 0.493 e. The molecule has 6 nitrogen and oxygen atoms in total. The molecule has 0 saturated carbocycles. The first-order valence-electron chi connectivity index (χ1n) is 9.73. The lowest BCUT2D eigenvalue weighted by atomic mass is 10.1. The van der Waals surface area contributed by atoms with Crippen LogP contribution in [0.1, 0.15) is 23.2 Å². The van der Waals surface area contributed by atoms with Gasteiger partial charge in [-0.05, 0) is 49.4 Å². The van der Waals surface area contributed by atoms with E-state index in [0.29, 0.717) is 28.7 Å². The average Bonchev–Trinajstić information content (AvgIpc) is 3.45. The summed E-state index contributed by atoms with van der Waals surface area (Å²) >= 11 is 3.18. The zero-order chi connectivity index (χ0) is 21.1. The van der Waals surface area contributed by atoms with Crippen molar-refractivity contribution in [2.45, 2.75) is 23.8 Å². The Balaban J connectivity index is 1.73. The number of thioether (sulfide) groups is 1. The molecule has 1 aromatic heterocycles. The molecule has 1 unspecified atom stereocenters. The van der Waals surface area contributed by atoms with Gasteiger partial charge in [-0.2, -0.15) is 0 Å². The number of rotatable bonds is 7. The summed E-state index contributed by atoms with van der Waals surface area (Å²) in [6, 6.07) is 11.3. The maximum atomic E-state index is 13.6. The fraction of sp³-hybridized carbons (Fsp3) is 0.364. The molecule has 1 saturated heterocycles. The fourth-order valence-corrected chi connectivity index (χ4v) is 5.19. The van der Waals surface area contributed by atoms with E-state index in [1.807, 2.05) is 18.4 Å². The minimum absolute atomic E-state index is 0.0149. The van der Waals surface area contributed by atoms with Crippen molar-refractivity contribution < 1.29 is 19.0 Å². The summed E-state index contributed by atoms with van der Waals surface area (Å²) in [5.74, 6) is 0.981. The molecule has 8 heteroatoms. The van der Waals surface area contributed by atoms with Crippen LogP contribution in [0.5, 0.6) is 11.5 Å². The van der Waals surface area contributed by atoms with Crippen LogP contribution in [0.4, 0.5) is 5.13 Å². The summed E-state index contributed by atoms with van der Waals surface area (Å²) in [5.41, 5.74) is 1.46. The number of thiazole rings is 1. The number of benzene rings is 2. The van der Waals surface area contributed by atoms with Crippen molar-refractivity contribution in [3.8, 4) is 11.5 Å². The number of amides is 1. The Morgan fingerprint density at radius 1 is 1.27 bits per heavy atom. The number of hydrogen-bond acceptors (Lipinski definition) is 7. The zero-order valence-electron chi connectivity index (χ0n) is 17.2. The van der Waals surface area contributed by atoms with Crippen molar-refractivity contribution >= 4 is 44.4 Å². The van der Waals surface area contributed by atoms with Gasteiger partial charge in [-0.3, -0.25) is 9.69 Å². The molecule has 2 heterocycles. The number of carbonyl (C=O) groups is 1. The summed E-state index contributed by atoms with van der Waals surface area (Å²) in [5, 5.41) is 0.682. The van der Waals surface area contributed by atoms with Gasteiger partial charge in [-0.1, -0.05) is 17.4 Å². The molecule has 1 atom stereocenters. The van der Waals surface area contributed by atoms with Crippen LogP contribution >= 0.6 is 23.1 Å². The van der Waals surface area contributed by atoms with Gasteiger partial charge >= 0.3 is 0 Å². The van der Waals surface area contributed by atoms with Gasteiger partial charge in [0, 0.05) is 17.1 Å². The fourth-order valence-electron chi connectivity index (χ4n) is 3.56. The summed E-state index contributed by atoms with van der Waals surface area (Å²) in [7, 11) is 3.14. The highest BCUT2D eigenvalue weighted by Gasteiger charge is 2.28.